The van der Waals surface area contributed by atoms with Crippen LogP contribution in [-0.4, -0.2) is 29.3 Å². The monoisotopic (exact) mass is 241 g/mol. The first-order chi connectivity index (χ1) is 8.16. The van der Waals surface area contributed by atoms with Crippen molar-refractivity contribution in [2.24, 2.45) is 11.7 Å². The second-order valence-corrected chi connectivity index (χ2v) is 5.44. The molecular weight excluding hydrogens is 218 g/mol. The van der Waals surface area contributed by atoms with Crippen molar-refractivity contribution in [2.45, 2.75) is 69.6 Å². The lowest BCUT2D eigenvalue weighted by atomic mass is 9.84. The van der Waals surface area contributed by atoms with Crippen LogP contribution in [0.3, 0.4) is 0 Å². The molecule has 2 fully saturated rings. The molecule has 3 atom stereocenters. The van der Waals surface area contributed by atoms with E-state index in [0.29, 0.717) is 12.8 Å². The Balaban J connectivity index is 1.82. The summed E-state index contributed by atoms with van der Waals surface area (Å²) in [5.74, 6) is -0.562. The standard InChI is InChI=1S/C13H23NO3/c14-9-6-7-11(12(15)8-9)13(16)17-10-4-2-1-3-5-10/h9-12,15H,1-8,14H2. The Bertz CT molecular complexity index is 263. The fraction of sp³-hybridized carbons (Fsp3) is 0.923. The van der Waals surface area contributed by atoms with Gasteiger partial charge in [-0.1, -0.05) is 6.42 Å². The first kappa shape index (κ1) is 12.8. The fourth-order valence-electron chi connectivity index (χ4n) is 2.89. The molecule has 0 aliphatic heterocycles. The number of nitrogens with two attached hydrogens (primary N) is 1. The first-order valence-corrected chi connectivity index (χ1v) is 6.81. The molecule has 0 spiro atoms. The largest absolute Gasteiger partial charge is 0.462 e. The third-order valence-electron chi connectivity index (χ3n) is 3.99. The predicted octanol–water partition coefficient (Wildman–Crippen LogP) is 1.35. The van der Waals surface area contributed by atoms with Gasteiger partial charge in [-0.15, -0.1) is 0 Å². The molecule has 2 rings (SSSR count). The van der Waals surface area contributed by atoms with Crippen LogP contribution in [0, 0.1) is 5.92 Å². The van der Waals surface area contributed by atoms with E-state index in [9.17, 15) is 9.90 Å². The number of hydrogen-bond donors (Lipinski definition) is 2. The van der Waals surface area contributed by atoms with E-state index in [-0.39, 0.29) is 24.0 Å². The summed E-state index contributed by atoms with van der Waals surface area (Å²) in [7, 11) is 0. The second-order valence-electron chi connectivity index (χ2n) is 5.44. The number of esters is 1. The zero-order valence-corrected chi connectivity index (χ0v) is 10.3. The van der Waals surface area contributed by atoms with E-state index >= 15 is 0 Å². The molecule has 3 N–H and O–H groups in total. The van der Waals surface area contributed by atoms with Crippen LogP contribution >= 0.6 is 0 Å². The third kappa shape index (κ3) is 3.42. The van der Waals surface area contributed by atoms with Gasteiger partial charge < -0.3 is 15.6 Å². The summed E-state index contributed by atoms with van der Waals surface area (Å²) in [5, 5.41) is 9.86. The van der Waals surface area contributed by atoms with E-state index in [4.69, 9.17) is 10.5 Å². The van der Waals surface area contributed by atoms with Crippen LogP contribution in [0.15, 0.2) is 0 Å². The van der Waals surface area contributed by atoms with E-state index in [1.54, 1.807) is 0 Å². The van der Waals surface area contributed by atoms with E-state index in [1.165, 1.54) is 6.42 Å². The smallest absolute Gasteiger partial charge is 0.311 e. The molecule has 0 saturated heterocycles. The maximum absolute atomic E-state index is 12.0. The van der Waals surface area contributed by atoms with Crippen molar-refractivity contribution in [1.82, 2.24) is 0 Å². The van der Waals surface area contributed by atoms with Crippen molar-refractivity contribution in [2.75, 3.05) is 0 Å². The van der Waals surface area contributed by atoms with Gasteiger partial charge in [-0.2, -0.15) is 0 Å². The number of carbonyl (C=O) groups excluding carboxylic acids is 1. The Hall–Kier alpha value is -0.610. The van der Waals surface area contributed by atoms with Gasteiger partial charge in [0.2, 0.25) is 0 Å². The molecule has 0 radical (unpaired) electrons. The van der Waals surface area contributed by atoms with Gasteiger partial charge >= 0.3 is 5.97 Å². The van der Waals surface area contributed by atoms with Crippen LogP contribution in [0.25, 0.3) is 0 Å². The summed E-state index contributed by atoms with van der Waals surface area (Å²) in [6.45, 7) is 0. The van der Waals surface area contributed by atoms with E-state index < -0.39 is 6.10 Å². The van der Waals surface area contributed by atoms with Gasteiger partial charge in [0, 0.05) is 6.04 Å². The van der Waals surface area contributed by atoms with Crippen LogP contribution < -0.4 is 5.73 Å². The van der Waals surface area contributed by atoms with Crippen LogP contribution in [0.2, 0.25) is 0 Å². The van der Waals surface area contributed by atoms with Crippen LogP contribution in [0.1, 0.15) is 51.4 Å². The number of aliphatic hydroxyl groups excluding tert-OH is 1. The van der Waals surface area contributed by atoms with Crippen molar-refractivity contribution < 1.29 is 14.6 Å². The summed E-state index contributed by atoms with van der Waals surface area (Å²) < 4.78 is 5.50. The lowest BCUT2D eigenvalue weighted by Crippen LogP contribution is -2.41. The van der Waals surface area contributed by atoms with Gasteiger partial charge in [0.25, 0.3) is 0 Å². The minimum atomic E-state index is -0.616. The number of hydrogen-bond acceptors (Lipinski definition) is 4. The van der Waals surface area contributed by atoms with Gasteiger partial charge in [0.1, 0.15) is 6.10 Å². The fourth-order valence-corrected chi connectivity index (χ4v) is 2.89. The van der Waals surface area contributed by atoms with Crippen molar-refractivity contribution in [3.05, 3.63) is 0 Å². The van der Waals surface area contributed by atoms with Gasteiger partial charge in [-0.05, 0) is 44.9 Å². The molecule has 4 heteroatoms. The second kappa shape index (κ2) is 5.83. The molecule has 4 nitrogen and oxygen atoms in total. The molecule has 2 aliphatic carbocycles. The van der Waals surface area contributed by atoms with Crippen LogP contribution in [-0.2, 0) is 9.53 Å². The van der Waals surface area contributed by atoms with Crippen molar-refractivity contribution >= 4 is 5.97 Å². The maximum atomic E-state index is 12.0. The molecule has 0 amide bonds. The Morgan fingerprint density at radius 1 is 1.12 bits per heavy atom. The van der Waals surface area contributed by atoms with Crippen molar-refractivity contribution in [3.63, 3.8) is 0 Å². The molecule has 0 bridgehead atoms. The summed E-state index contributed by atoms with van der Waals surface area (Å²) in [4.78, 5) is 12.0. The summed E-state index contributed by atoms with van der Waals surface area (Å²) in [5.41, 5.74) is 5.76. The number of ether oxygens (including phenoxy) is 1. The minimum absolute atomic E-state index is 0.0312. The first-order valence-electron chi connectivity index (χ1n) is 6.81. The number of carbonyl (C=O) groups is 1. The molecule has 17 heavy (non-hydrogen) atoms. The highest BCUT2D eigenvalue weighted by atomic mass is 16.5. The zero-order chi connectivity index (χ0) is 12.3. The molecule has 0 heterocycles. The number of rotatable bonds is 2. The Morgan fingerprint density at radius 2 is 1.82 bits per heavy atom. The Kier molecular flexibility index (Phi) is 4.40. The highest BCUT2D eigenvalue weighted by molar-refractivity contribution is 5.73. The van der Waals surface area contributed by atoms with Gasteiger partial charge in [0.05, 0.1) is 12.0 Å². The SMILES string of the molecule is NC1CCC(C(=O)OC2CCCCC2)C(O)C1. The average molecular weight is 241 g/mol. The lowest BCUT2D eigenvalue weighted by Gasteiger charge is -2.31. The Morgan fingerprint density at radius 3 is 2.47 bits per heavy atom. The third-order valence-corrected chi connectivity index (χ3v) is 3.99. The lowest BCUT2D eigenvalue weighted by molar-refractivity contribution is -0.161. The van der Waals surface area contributed by atoms with Gasteiger partial charge in [0.15, 0.2) is 0 Å². The average Bonchev–Trinajstić information content (AvgIpc) is 2.30. The zero-order valence-electron chi connectivity index (χ0n) is 10.3. The number of aliphatic hydroxyl groups is 1. The van der Waals surface area contributed by atoms with E-state index in [2.05, 4.69) is 0 Å². The van der Waals surface area contributed by atoms with Crippen LogP contribution in [0.5, 0.6) is 0 Å². The van der Waals surface area contributed by atoms with E-state index in [1.807, 2.05) is 0 Å². The molecule has 2 aliphatic rings. The minimum Gasteiger partial charge on any atom is -0.462 e. The Labute approximate surface area is 103 Å². The molecule has 3 unspecified atom stereocenters. The highest BCUT2D eigenvalue weighted by Gasteiger charge is 2.34. The maximum Gasteiger partial charge on any atom is 0.311 e. The predicted molar refractivity (Wildman–Crippen MR) is 64.3 cm³/mol. The van der Waals surface area contributed by atoms with Crippen LogP contribution in [0.4, 0.5) is 0 Å². The van der Waals surface area contributed by atoms with Crippen molar-refractivity contribution in [3.8, 4) is 0 Å². The van der Waals surface area contributed by atoms with Gasteiger partial charge in [-0.25, -0.2) is 0 Å². The molecule has 0 aromatic rings. The quantitative estimate of drug-likeness (QED) is 0.716. The topological polar surface area (TPSA) is 72.6 Å². The molecule has 2 saturated carbocycles. The van der Waals surface area contributed by atoms with Crippen molar-refractivity contribution in [1.29, 1.82) is 0 Å². The molecular formula is C13H23NO3. The molecule has 0 aromatic carbocycles. The highest BCUT2D eigenvalue weighted by Crippen LogP contribution is 2.27. The summed E-state index contributed by atoms with van der Waals surface area (Å²) in [6.07, 6.45) is 6.96. The molecule has 0 aromatic heterocycles. The van der Waals surface area contributed by atoms with E-state index in [0.717, 1.165) is 32.1 Å². The molecule has 98 valence electrons. The summed E-state index contributed by atoms with van der Waals surface area (Å²) >= 11 is 0. The normalized spacial score (nSPS) is 35.5. The summed E-state index contributed by atoms with van der Waals surface area (Å²) in [6, 6.07) is 0.0312. The van der Waals surface area contributed by atoms with Gasteiger partial charge in [-0.3, -0.25) is 4.79 Å².